The topological polar surface area (TPSA) is 102 Å². The molecular formula is C13H15N5O2. The van der Waals surface area contributed by atoms with E-state index in [1.807, 2.05) is 0 Å². The molecule has 2 rings (SSSR count). The molecule has 0 fully saturated rings. The third-order valence-corrected chi connectivity index (χ3v) is 2.58. The summed E-state index contributed by atoms with van der Waals surface area (Å²) < 4.78 is 5.03. The van der Waals surface area contributed by atoms with Crippen LogP contribution in [0.3, 0.4) is 0 Å². The maximum absolute atomic E-state index is 12.0. The van der Waals surface area contributed by atoms with E-state index in [0.29, 0.717) is 17.1 Å². The number of ether oxygens (including phenoxy) is 1. The fraction of sp³-hybridized carbons (Fsp3) is 0.154. The number of nitrogens with zero attached hydrogens (tertiary/aromatic N) is 2. The number of nitrogen functional groups attached to an aromatic ring is 1. The van der Waals surface area contributed by atoms with Crippen molar-refractivity contribution in [1.82, 2.24) is 9.97 Å². The summed E-state index contributed by atoms with van der Waals surface area (Å²) in [6.07, 6.45) is 0. The van der Waals surface area contributed by atoms with E-state index in [1.54, 1.807) is 44.5 Å². The first-order valence-corrected chi connectivity index (χ1v) is 5.90. The number of anilines is 3. The predicted molar refractivity (Wildman–Crippen MR) is 76.9 cm³/mol. The van der Waals surface area contributed by atoms with E-state index in [0.717, 1.165) is 0 Å². The number of hydrogen-bond acceptors (Lipinski definition) is 6. The van der Waals surface area contributed by atoms with Crippen molar-refractivity contribution in [2.24, 2.45) is 0 Å². The SMILES string of the molecule is CNc1cc(N)nc(NC(=O)c2ccc(OC)cc2)n1. The molecule has 1 amide bonds. The first-order valence-electron chi connectivity index (χ1n) is 5.90. The second-order valence-electron chi connectivity index (χ2n) is 3.93. The van der Waals surface area contributed by atoms with Crippen LogP contribution in [-0.2, 0) is 0 Å². The van der Waals surface area contributed by atoms with Gasteiger partial charge < -0.3 is 15.8 Å². The van der Waals surface area contributed by atoms with Crippen LogP contribution < -0.4 is 21.1 Å². The van der Waals surface area contributed by atoms with Crippen LogP contribution >= 0.6 is 0 Å². The Morgan fingerprint density at radius 2 is 1.95 bits per heavy atom. The molecule has 7 nitrogen and oxygen atoms in total. The minimum absolute atomic E-state index is 0.148. The van der Waals surface area contributed by atoms with E-state index in [4.69, 9.17) is 10.5 Å². The summed E-state index contributed by atoms with van der Waals surface area (Å²) in [4.78, 5) is 20.1. The lowest BCUT2D eigenvalue weighted by Crippen LogP contribution is -2.15. The molecule has 0 saturated carbocycles. The fourth-order valence-electron chi connectivity index (χ4n) is 1.57. The zero-order chi connectivity index (χ0) is 14.5. The van der Waals surface area contributed by atoms with E-state index in [-0.39, 0.29) is 17.7 Å². The number of rotatable bonds is 4. The molecule has 0 aliphatic carbocycles. The summed E-state index contributed by atoms with van der Waals surface area (Å²) in [7, 11) is 3.27. The number of hydrogen-bond donors (Lipinski definition) is 3. The van der Waals surface area contributed by atoms with Crippen LogP contribution in [0.15, 0.2) is 30.3 Å². The molecule has 0 radical (unpaired) electrons. The zero-order valence-electron chi connectivity index (χ0n) is 11.2. The highest BCUT2D eigenvalue weighted by molar-refractivity contribution is 6.03. The molecule has 0 aliphatic heterocycles. The lowest BCUT2D eigenvalue weighted by Gasteiger charge is -2.07. The van der Waals surface area contributed by atoms with Gasteiger partial charge in [0.15, 0.2) is 0 Å². The van der Waals surface area contributed by atoms with Crippen LogP contribution in [-0.4, -0.2) is 30.0 Å². The Morgan fingerprint density at radius 1 is 1.25 bits per heavy atom. The summed E-state index contributed by atoms with van der Waals surface area (Å²) in [5.41, 5.74) is 6.10. The van der Waals surface area contributed by atoms with Gasteiger partial charge in [-0.15, -0.1) is 0 Å². The van der Waals surface area contributed by atoms with Crippen molar-refractivity contribution in [3.63, 3.8) is 0 Å². The van der Waals surface area contributed by atoms with Crippen LogP contribution in [0.4, 0.5) is 17.6 Å². The first-order chi connectivity index (χ1) is 9.62. The van der Waals surface area contributed by atoms with Gasteiger partial charge in [-0.05, 0) is 24.3 Å². The quantitative estimate of drug-likeness (QED) is 0.777. The van der Waals surface area contributed by atoms with Gasteiger partial charge in [0.2, 0.25) is 5.95 Å². The molecule has 7 heteroatoms. The summed E-state index contributed by atoms with van der Waals surface area (Å²) in [6, 6.07) is 8.28. The molecule has 104 valence electrons. The molecule has 4 N–H and O–H groups in total. The van der Waals surface area contributed by atoms with Crippen molar-refractivity contribution >= 4 is 23.5 Å². The Hall–Kier alpha value is -2.83. The van der Waals surface area contributed by atoms with E-state index >= 15 is 0 Å². The van der Waals surface area contributed by atoms with Gasteiger partial charge in [-0.25, -0.2) is 0 Å². The number of benzene rings is 1. The van der Waals surface area contributed by atoms with Crippen molar-refractivity contribution < 1.29 is 9.53 Å². The van der Waals surface area contributed by atoms with Crippen LogP contribution in [0.1, 0.15) is 10.4 Å². The molecule has 2 aromatic rings. The fourth-order valence-corrected chi connectivity index (χ4v) is 1.57. The third-order valence-electron chi connectivity index (χ3n) is 2.58. The van der Waals surface area contributed by atoms with Crippen molar-refractivity contribution in [1.29, 1.82) is 0 Å². The highest BCUT2D eigenvalue weighted by atomic mass is 16.5. The van der Waals surface area contributed by atoms with Crippen LogP contribution in [0.25, 0.3) is 0 Å². The van der Waals surface area contributed by atoms with Gasteiger partial charge in [-0.3, -0.25) is 10.1 Å². The molecular weight excluding hydrogens is 258 g/mol. The van der Waals surface area contributed by atoms with E-state index in [2.05, 4.69) is 20.6 Å². The monoisotopic (exact) mass is 273 g/mol. The molecule has 1 heterocycles. The maximum Gasteiger partial charge on any atom is 0.258 e. The number of amides is 1. The minimum atomic E-state index is -0.319. The molecule has 20 heavy (non-hydrogen) atoms. The number of nitrogens with one attached hydrogen (secondary N) is 2. The molecule has 1 aromatic heterocycles. The summed E-state index contributed by atoms with van der Waals surface area (Å²) >= 11 is 0. The molecule has 0 aliphatic rings. The smallest absolute Gasteiger partial charge is 0.258 e. The maximum atomic E-state index is 12.0. The zero-order valence-corrected chi connectivity index (χ0v) is 11.2. The molecule has 0 unspecified atom stereocenters. The number of methoxy groups -OCH3 is 1. The Bertz CT molecular complexity index is 613. The molecule has 0 spiro atoms. The number of aromatic nitrogens is 2. The third kappa shape index (κ3) is 3.14. The van der Waals surface area contributed by atoms with Gasteiger partial charge in [0, 0.05) is 18.7 Å². The number of carbonyl (C=O) groups is 1. The summed E-state index contributed by atoms with van der Waals surface area (Å²) in [6.45, 7) is 0. The van der Waals surface area contributed by atoms with E-state index in [9.17, 15) is 4.79 Å². The second-order valence-corrected chi connectivity index (χ2v) is 3.93. The Morgan fingerprint density at radius 3 is 2.55 bits per heavy atom. The van der Waals surface area contributed by atoms with Crippen LogP contribution in [0, 0.1) is 0 Å². The Kier molecular flexibility index (Phi) is 3.99. The number of nitrogens with two attached hydrogens (primary N) is 1. The standard InChI is InChI=1S/C13H15N5O2/c1-15-11-7-10(14)16-13(17-11)18-12(19)8-3-5-9(20-2)6-4-8/h3-7H,1-2H3,(H4,14,15,16,17,18,19). The largest absolute Gasteiger partial charge is 0.497 e. The average molecular weight is 273 g/mol. The average Bonchev–Trinajstić information content (AvgIpc) is 2.46. The molecule has 0 bridgehead atoms. The highest BCUT2D eigenvalue weighted by Gasteiger charge is 2.09. The lowest BCUT2D eigenvalue weighted by atomic mass is 10.2. The Labute approximate surface area is 116 Å². The minimum Gasteiger partial charge on any atom is -0.497 e. The van der Waals surface area contributed by atoms with Crippen molar-refractivity contribution in [3.05, 3.63) is 35.9 Å². The van der Waals surface area contributed by atoms with Gasteiger partial charge in [0.05, 0.1) is 7.11 Å². The van der Waals surface area contributed by atoms with E-state index < -0.39 is 0 Å². The molecule has 0 saturated heterocycles. The lowest BCUT2D eigenvalue weighted by molar-refractivity contribution is 0.102. The van der Waals surface area contributed by atoms with Crippen molar-refractivity contribution in [2.45, 2.75) is 0 Å². The molecule has 1 aromatic carbocycles. The first kappa shape index (κ1) is 13.6. The summed E-state index contributed by atoms with van der Waals surface area (Å²) in [5.74, 6) is 1.31. The van der Waals surface area contributed by atoms with Crippen molar-refractivity contribution in [3.8, 4) is 5.75 Å². The Balaban J connectivity index is 2.16. The van der Waals surface area contributed by atoms with Gasteiger partial charge in [-0.1, -0.05) is 0 Å². The van der Waals surface area contributed by atoms with Gasteiger partial charge in [0.1, 0.15) is 17.4 Å². The van der Waals surface area contributed by atoms with Crippen molar-refractivity contribution in [2.75, 3.05) is 30.5 Å². The molecule has 0 atom stereocenters. The number of carbonyl (C=O) groups excluding carboxylic acids is 1. The highest BCUT2D eigenvalue weighted by Crippen LogP contribution is 2.14. The van der Waals surface area contributed by atoms with Gasteiger partial charge in [0.25, 0.3) is 5.91 Å². The van der Waals surface area contributed by atoms with Gasteiger partial charge >= 0.3 is 0 Å². The second kappa shape index (κ2) is 5.87. The van der Waals surface area contributed by atoms with E-state index in [1.165, 1.54) is 0 Å². The summed E-state index contributed by atoms with van der Waals surface area (Å²) in [5, 5.41) is 5.43. The predicted octanol–water partition coefficient (Wildman–Crippen LogP) is 1.36. The van der Waals surface area contributed by atoms with Crippen LogP contribution in [0.5, 0.6) is 5.75 Å². The normalized spacial score (nSPS) is 9.90. The van der Waals surface area contributed by atoms with Gasteiger partial charge in [-0.2, -0.15) is 9.97 Å². The van der Waals surface area contributed by atoms with Crippen LogP contribution in [0.2, 0.25) is 0 Å².